The Bertz CT molecular complexity index is 518. The van der Waals surface area contributed by atoms with Gasteiger partial charge in [0.1, 0.15) is 5.82 Å². The van der Waals surface area contributed by atoms with Gasteiger partial charge >= 0.3 is 0 Å². The number of rotatable bonds is 2. The number of aromatic nitrogens is 2. The Morgan fingerprint density at radius 1 is 1.06 bits per heavy atom. The molecule has 0 saturated heterocycles. The molecule has 17 heavy (non-hydrogen) atoms. The largest absolute Gasteiger partial charge is 0.207 e. The van der Waals surface area contributed by atoms with Crippen LogP contribution in [0.3, 0.4) is 0 Å². The maximum absolute atomic E-state index is 13.1. The van der Waals surface area contributed by atoms with E-state index in [4.69, 9.17) is 0 Å². The van der Waals surface area contributed by atoms with E-state index in [1.54, 1.807) is 19.1 Å². The molecule has 0 radical (unpaired) electrons. The summed E-state index contributed by atoms with van der Waals surface area (Å²) in [4.78, 5) is 0. The highest BCUT2D eigenvalue weighted by atomic mass is 19.1. The molecule has 0 amide bonds. The fourth-order valence-corrected chi connectivity index (χ4v) is 1.61. The Hall–Kier alpha value is -1.77. The van der Waals surface area contributed by atoms with Crippen molar-refractivity contribution in [1.29, 1.82) is 0 Å². The van der Waals surface area contributed by atoms with Crippen LogP contribution in [0, 0.1) is 12.7 Å². The van der Waals surface area contributed by atoms with Gasteiger partial charge in [0.2, 0.25) is 0 Å². The van der Waals surface area contributed by atoms with Crippen molar-refractivity contribution in [3.63, 3.8) is 0 Å². The van der Waals surface area contributed by atoms with Crippen LogP contribution in [0.1, 0.15) is 31.0 Å². The standard InChI is InChI=1S/C14H15FN2/c1-9(2)13-6-7-14(17-16-13)11-4-5-12(15)10(3)8-11/h4-9H,1-3H3. The molecule has 0 fully saturated rings. The van der Waals surface area contributed by atoms with Gasteiger partial charge in [0.05, 0.1) is 11.4 Å². The predicted molar refractivity (Wildman–Crippen MR) is 66.3 cm³/mol. The topological polar surface area (TPSA) is 25.8 Å². The van der Waals surface area contributed by atoms with Crippen molar-refractivity contribution in [2.45, 2.75) is 26.7 Å². The summed E-state index contributed by atoms with van der Waals surface area (Å²) >= 11 is 0. The van der Waals surface area contributed by atoms with Crippen LogP contribution in [0.4, 0.5) is 4.39 Å². The van der Waals surface area contributed by atoms with Crippen LogP contribution < -0.4 is 0 Å². The van der Waals surface area contributed by atoms with E-state index >= 15 is 0 Å². The van der Waals surface area contributed by atoms with E-state index in [2.05, 4.69) is 24.0 Å². The third-order valence-corrected chi connectivity index (χ3v) is 2.73. The SMILES string of the molecule is Cc1cc(-c2ccc(C(C)C)nn2)ccc1F. The number of aryl methyl sites for hydroxylation is 1. The second kappa shape index (κ2) is 4.62. The molecule has 0 saturated carbocycles. The Balaban J connectivity index is 2.36. The van der Waals surface area contributed by atoms with Crippen LogP contribution in [-0.2, 0) is 0 Å². The van der Waals surface area contributed by atoms with Crippen molar-refractivity contribution in [1.82, 2.24) is 10.2 Å². The van der Waals surface area contributed by atoms with Crippen molar-refractivity contribution < 1.29 is 4.39 Å². The van der Waals surface area contributed by atoms with Crippen LogP contribution in [0.15, 0.2) is 30.3 Å². The Kier molecular flexibility index (Phi) is 3.18. The number of hydrogen-bond donors (Lipinski definition) is 0. The second-order valence-corrected chi connectivity index (χ2v) is 4.46. The zero-order chi connectivity index (χ0) is 12.4. The summed E-state index contributed by atoms with van der Waals surface area (Å²) in [5, 5.41) is 8.33. The van der Waals surface area contributed by atoms with Crippen molar-refractivity contribution in [3.05, 3.63) is 47.4 Å². The van der Waals surface area contributed by atoms with Crippen molar-refractivity contribution in [2.75, 3.05) is 0 Å². The molecule has 0 aliphatic heterocycles. The van der Waals surface area contributed by atoms with Crippen LogP contribution in [0.25, 0.3) is 11.3 Å². The molecule has 88 valence electrons. The Morgan fingerprint density at radius 3 is 2.35 bits per heavy atom. The first kappa shape index (κ1) is 11.7. The predicted octanol–water partition coefficient (Wildman–Crippen LogP) is 3.71. The zero-order valence-electron chi connectivity index (χ0n) is 10.2. The highest BCUT2D eigenvalue weighted by Gasteiger charge is 2.05. The minimum Gasteiger partial charge on any atom is -0.207 e. The van der Waals surface area contributed by atoms with E-state index in [1.165, 1.54) is 6.07 Å². The number of benzene rings is 1. The molecular weight excluding hydrogens is 215 g/mol. The monoisotopic (exact) mass is 230 g/mol. The first-order valence-electron chi connectivity index (χ1n) is 5.68. The quantitative estimate of drug-likeness (QED) is 0.785. The van der Waals surface area contributed by atoms with Crippen LogP contribution in [0.2, 0.25) is 0 Å². The molecule has 3 heteroatoms. The smallest absolute Gasteiger partial charge is 0.126 e. The van der Waals surface area contributed by atoms with E-state index in [0.717, 1.165) is 17.0 Å². The molecule has 0 spiro atoms. The summed E-state index contributed by atoms with van der Waals surface area (Å²) in [6, 6.07) is 8.86. The molecule has 2 rings (SSSR count). The van der Waals surface area contributed by atoms with E-state index < -0.39 is 0 Å². The molecule has 2 nitrogen and oxygen atoms in total. The van der Waals surface area contributed by atoms with Crippen LogP contribution in [0.5, 0.6) is 0 Å². The lowest BCUT2D eigenvalue weighted by atomic mass is 10.1. The van der Waals surface area contributed by atoms with Gasteiger partial charge in [0.25, 0.3) is 0 Å². The lowest BCUT2D eigenvalue weighted by molar-refractivity contribution is 0.618. The average molecular weight is 230 g/mol. The Morgan fingerprint density at radius 2 is 1.82 bits per heavy atom. The molecule has 0 aliphatic carbocycles. The molecule has 0 bridgehead atoms. The number of hydrogen-bond acceptors (Lipinski definition) is 2. The average Bonchev–Trinajstić information content (AvgIpc) is 2.33. The Labute approximate surface area is 101 Å². The normalized spacial score (nSPS) is 10.9. The molecular formula is C14H15FN2. The molecule has 1 heterocycles. The molecule has 0 unspecified atom stereocenters. The van der Waals surface area contributed by atoms with Crippen molar-refractivity contribution in [2.24, 2.45) is 0 Å². The summed E-state index contributed by atoms with van der Waals surface area (Å²) in [5.41, 5.74) is 3.26. The molecule has 2 aromatic rings. The van der Waals surface area contributed by atoms with Gasteiger partial charge in [-0.25, -0.2) is 4.39 Å². The first-order valence-corrected chi connectivity index (χ1v) is 5.68. The lowest BCUT2D eigenvalue weighted by Crippen LogP contribution is -1.96. The number of nitrogens with zero attached hydrogens (tertiary/aromatic N) is 2. The third-order valence-electron chi connectivity index (χ3n) is 2.73. The van der Waals surface area contributed by atoms with Crippen LogP contribution in [-0.4, -0.2) is 10.2 Å². The van der Waals surface area contributed by atoms with Gasteiger partial charge in [0.15, 0.2) is 0 Å². The molecule has 0 N–H and O–H groups in total. The second-order valence-electron chi connectivity index (χ2n) is 4.46. The third kappa shape index (κ3) is 2.49. The highest BCUT2D eigenvalue weighted by molar-refractivity contribution is 5.59. The van der Waals surface area contributed by atoms with Gasteiger partial charge in [-0.3, -0.25) is 0 Å². The van der Waals surface area contributed by atoms with Gasteiger partial charge in [-0.1, -0.05) is 13.8 Å². The summed E-state index contributed by atoms with van der Waals surface area (Å²) in [6.45, 7) is 5.90. The van der Waals surface area contributed by atoms with Gasteiger partial charge in [-0.2, -0.15) is 10.2 Å². The van der Waals surface area contributed by atoms with E-state index in [9.17, 15) is 4.39 Å². The van der Waals surface area contributed by atoms with Gasteiger partial charge < -0.3 is 0 Å². The summed E-state index contributed by atoms with van der Waals surface area (Å²) in [7, 11) is 0. The molecule has 0 atom stereocenters. The van der Waals surface area contributed by atoms with E-state index in [-0.39, 0.29) is 5.82 Å². The van der Waals surface area contributed by atoms with Gasteiger partial charge in [0, 0.05) is 5.56 Å². The van der Waals surface area contributed by atoms with E-state index in [0.29, 0.717) is 11.5 Å². The molecule has 1 aromatic carbocycles. The lowest BCUT2D eigenvalue weighted by Gasteiger charge is -2.05. The zero-order valence-corrected chi connectivity index (χ0v) is 10.2. The van der Waals surface area contributed by atoms with Crippen LogP contribution >= 0.6 is 0 Å². The fourth-order valence-electron chi connectivity index (χ4n) is 1.61. The summed E-state index contributed by atoms with van der Waals surface area (Å²) < 4.78 is 13.1. The first-order chi connectivity index (χ1) is 8.08. The van der Waals surface area contributed by atoms with E-state index in [1.807, 2.05) is 12.1 Å². The maximum atomic E-state index is 13.1. The number of halogens is 1. The fraction of sp³-hybridized carbons (Fsp3) is 0.286. The summed E-state index contributed by atoms with van der Waals surface area (Å²) in [6.07, 6.45) is 0. The van der Waals surface area contributed by atoms with Crippen molar-refractivity contribution >= 4 is 0 Å². The molecule has 0 aliphatic rings. The minimum absolute atomic E-state index is 0.194. The highest BCUT2D eigenvalue weighted by Crippen LogP contribution is 2.20. The van der Waals surface area contributed by atoms with Gasteiger partial charge in [-0.15, -0.1) is 0 Å². The van der Waals surface area contributed by atoms with Crippen molar-refractivity contribution in [3.8, 4) is 11.3 Å². The van der Waals surface area contributed by atoms with Gasteiger partial charge in [-0.05, 0) is 48.7 Å². The maximum Gasteiger partial charge on any atom is 0.126 e. The molecule has 1 aromatic heterocycles. The minimum atomic E-state index is -0.194. The summed E-state index contributed by atoms with van der Waals surface area (Å²) in [5.74, 6) is 0.173.